The van der Waals surface area contributed by atoms with Gasteiger partial charge in [0.15, 0.2) is 0 Å². The molecule has 0 saturated carbocycles. The number of hydrogen-bond acceptors (Lipinski definition) is 3. The van der Waals surface area contributed by atoms with Crippen molar-refractivity contribution in [3.8, 4) is 6.01 Å². The van der Waals surface area contributed by atoms with Crippen LogP contribution in [0.4, 0.5) is 0 Å². The van der Waals surface area contributed by atoms with Crippen LogP contribution in [0.1, 0.15) is 26.0 Å². The number of hydrogen-bond donors (Lipinski definition) is 0. The Morgan fingerprint density at radius 2 is 2.20 bits per heavy atom. The van der Waals surface area contributed by atoms with E-state index in [0.717, 1.165) is 6.42 Å². The van der Waals surface area contributed by atoms with Crippen molar-refractivity contribution in [1.82, 2.24) is 9.55 Å². The molecule has 0 unspecified atom stereocenters. The fourth-order valence-corrected chi connectivity index (χ4v) is 1.34. The first-order chi connectivity index (χ1) is 7.04. The van der Waals surface area contributed by atoms with E-state index in [2.05, 4.69) is 18.8 Å². The lowest BCUT2D eigenvalue weighted by molar-refractivity contribution is 0.336. The first-order valence-electron chi connectivity index (χ1n) is 5.17. The Labute approximate surface area is 89.9 Å². The van der Waals surface area contributed by atoms with Crippen LogP contribution in [0.25, 0.3) is 0 Å². The highest BCUT2D eigenvalue weighted by molar-refractivity contribution is 5.06. The summed E-state index contributed by atoms with van der Waals surface area (Å²) in [6.07, 6.45) is 0.945. The van der Waals surface area contributed by atoms with Gasteiger partial charge in [-0.25, -0.2) is 4.98 Å². The van der Waals surface area contributed by atoms with Crippen LogP contribution >= 0.6 is 0 Å². The molecule has 0 bridgehead atoms. The minimum atomic E-state index is -0.0417. The lowest BCUT2D eigenvalue weighted by atomic mass is 10.1. The zero-order chi connectivity index (χ0) is 11.4. The highest BCUT2D eigenvalue weighted by Gasteiger charge is 2.07. The molecule has 0 radical (unpaired) electrons. The SMILES string of the molecule is COc1nc(C)cc(=O)n1CCC(C)C. The van der Waals surface area contributed by atoms with Crippen molar-refractivity contribution in [3.05, 3.63) is 22.1 Å². The van der Waals surface area contributed by atoms with Crippen molar-refractivity contribution < 1.29 is 4.74 Å². The molecule has 0 aliphatic rings. The second kappa shape index (κ2) is 4.96. The van der Waals surface area contributed by atoms with Crippen LogP contribution in [-0.2, 0) is 6.54 Å². The normalized spacial score (nSPS) is 10.7. The van der Waals surface area contributed by atoms with Gasteiger partial charge < -0.3 is 4.74 Å². The molecular weight excluding hydrogens is 192 g/mol. The van der Waals surface area contributed by atoms with Crippen LogP contribution in [-0.4, -0.2) is 16.7 Å². The highest BCUT2D eigenvalue weighted by atomic mass is 16.5. The fourth-order valence-electron chi connectivity index (χ4n) is 1.34. The molecule has 1 heterocycles. The molecule has 1 rings (SSSR count). The molecule has 1 aromatic heterocycles. The Bertz CT molecular complexity index is 383. The van der Waals surface area contributed by atoms with Crippen molar-refractivity contribution in [3.63, 3.8) is 0 Å². The molecule has 0 amide bonds. The van der Waals surface area contributed by atoms with Crippen molar-refractivity contribution >= 4 is 0 Å². The van der Waals surface area contributed by atoms with Gasteiger partial charge in [-0.3, -0.25) is 9.36 Å². The van der Waals surface area contributed by atoms with E-state index < -0.39 is 0 Å². The number of aromatic nitrogens is 2. The third-order valence-electron chi connectivity index (χ3n) is 2.21. The Balaban J connectivity index is 2.99. The van der Waals surface area contributed by atoms with Gasteiger partial charge >= 0.3 is 0 Å². The van der Waals surface area contributed by atoms with E-state index in [0.29, 0.717) is 24.2 Å². The lowest BCUT2D eigenvalue weighted by Gasteiger charge is -2.11. The van der Waals surface area contributed by atoms with Crippen LogP contribution in [0.2, 0.25) is 0 Å². The molecule has 4 heteroatoms. The van der Waals surface area contributed by atoms with E-state index in [1.165, 1.54) is 13.2 Å². The van der Waals surface area contributed by atoms with Crippen molar-refractivity contribution in [2.24, 2.45) is 5.92 Å². The van der Waals surface area contributed by atoms with Gasteiger partial charge in [0.25, 0.3) is 11.6 Å². The molecule has 15 heavy (non-hydrogen) atoms. The van der Waals surface area contributed by atoms with Crippen molar-refractivity contribution in [1.29, 1.82) is 0 Å². The predicted octanol–water partition coefficient (Wildman–Crippen LogP) is 1.61. The first-order valence-corrected chi connectivity index (χ1v) is 5.17. The Kier molecular flexibility index (Phi) is 3.88. The maximum atomic E-state index is 11.7. The molecule has 0 aromatic carbocycles. The molecule has 4 nitrogen and oxygen atoms in total. The zero-order valence-corrected chi connectivity index (χ0v) is 9.78. The molecule has 84 valence electrons. The largest absolute Gasteiger partial charge is 0.468 e. The third-order valence-corrected chi connectivity index (χ3v) is 2.21. The Morgan fingerprint density at radius 3 is 2.73 bits per heavy atom. The van der Waals surface area contributed by atoms with E-state index in [9.17, 15) is 4.79 Å². The maximum Gasteiger partial charge on any atom is 0.299 e. The smallest absolute Gasteiger partial charge is 0.299 e. The molecule has 0 N–H and O–H groups in total. The van der Waals surface area contributed by atoms with Crippen molar-refractivity contribution in [2.75, 3.05) is 7.11 Å². The topological polar surface area (TPSA) is 44.1 Å². The van der Waals surface area contributed by atoms with Gasteiger partial charge in [-0.1, -0.05) is 13.8 Å². The zero-order valence-electron chi connectivity index (χ0n) is 9.78. The predicted molar refractivity (Wildman–Crippen MR) is 59.2 cm³/mol. The Hall–Kier alpha value is -1.32. The molecule has 0 atom stereocenters. The summed E-state index contributed by atoms with van der Waals surface area (Å²) in [5, 5.41) is 0. The summed E-state index contributed by atoms with van der Waals surface area (Å²) in [6, 6.07) is 1.93. The summed E-state index contributed by atoms with van der Waals surface area (Å²) in [5.41, 5.74) is 0.651. The highest BCUT2D eigenvalue weighted by Crippen LogP contribution is 2.08. The molecule has 0 spiro atoms. The van der Waals surface area contributed by atoms with Crippen LogP contribution in [0.3, 0.4) is 0 Å². The van der Waals surface area contributed by atoms with Gasteiger partial charge in [0.05, 0.1) is 7.11 Å². The monoisotopic (exact) mass is 210 g/mol. The number of rotatable bonds is 4. The van der Waals surface area contributed by atoms with E-state index in [-0.39, 0.29) is 5.56 Å². The summed E-state index contributed by atoms with van der Waals surface area (Å²) in [4.78, 5) is 15.8. The fraction of sp³-hybridized carbons (Fsp3) is 0.636. The van der Waals surface area contributed by atoms with Gasteiger partial charge in [0.2, 0.25) is 0 Å². The standard InChI is InChI=1S/C11H18N2O2/c1-8(2)5-6-13-10(14)7-9(3)12-11(13)15-4/h7-8H,5-6H2,1-4H3. The third kappa shape index (κ3) is 3.08. The molecule has 0 saturated heterocycles. The average Bonchev–Trinajstić information content (AvgIpc) is 2.14. The molecule has 1 aromatic rings. The summed E-state index contributed by atoms with van der Waals surface area (Å²) in [7, 11) is 1.53. The lowest BCUT2D eigenvalue weighted by Crippen LogP contribution is -2.23. The molecule has 0 aliphatic carbocycles. The molecular formula is C11H18N2O2. The van der Waals surface area contributed by atoms with Crippen LogP contribution in [0.15, 0.2) is 10.9 Å². The second-order valence-corrected chi connectivity index (χ2v) is 4.06. The average molecular weight is 210 g/mol. The van der Waals surface area contributed by atoms with E-state index in [1.807, 2.05) is 0 Å². The minimum absolute atomic E-state index is 0.0417. The summed E-state index contributed by atoms with van der Waals surface area (Å²) < 4.78 is 6.67. The van der Waals surface area contributed by atoms with Crippen LogP contribution < -0.4 is 10.3 Å². The van der Waals surface area contributed by atoms with Gasteiger partial charge in [-0.05, 0) is 19.3 Å². The number of methoxy groups -OCH3 is 1. The minimum Gasteiger partial charge on any atom is -0.468 e. The van der Waals surface area contributed by atoms with Crippen LogP contribution in [0, 0.1) is 12.8 Å². The van der Waals surface area contributed by atoms with Crippen molar-refractivity contribution in [2.45, 2.75) is 33.7 Å². The maximum absolute atomic E-state index is 11.7. The van der Waals surface area contributed by atoms with E-state index in [1.54, 1.807) is 11.5 Å². The number of aryl methyl sites for hydroxylation is 1. The van der Waals surface area contributed by atoms with Crippen LogP contribution in [0.5, 0.6) is 6.01 Å². The van der Waals surface area contributed by atoms with E-state index in [4.69, 9.17) is 4.74 Å². The van der Waals surface area contributed by atoms with Gasteiger partial charge in [0.1, 0.15) is 0 Å². The first kappa shape index (κ1) is 11.8. The number of ether oxygens (including phenoxy) is 1. The quantitative estimate of drug-likeness (QED) is 0.758. The molecule has 0 aliphatic heterocycles. The Morgan fingerprint density at radius 1 is 1.53 bits per heavy atom. The van der Waals surface area contributed by atoms with Gasteiger partial charge in [-0.2, -0.15) is 0 Å². The summed E-state index contributed by atoms with van der Waals surface area (Å²) >= 11 is 0. The summed E-state index contributed by atoms with van der Waals surface area (Å²) in [5.74, 6) is 0.558. The number of nitrogens with zero attached hydrogens (tertiary/aromatic N) is 2. The summed E-state index contributed by atoms with van der Waals surface area (Å²) in [6.45, 7) is 6.70. The molecule has 0 fully saturated rings. The second-order valence-electron chi connectivity index (χ2n) is 4.06. The van der Waals surface area contributed by atoms with Gasteiger partial charge in [0, 0.05) is 18.3 Å². The van der Waals surface area contributed by atoms with Gasteiger partial charge in [-0.15, -0.1) is 0 Å². The van der Waals surface area contributed by atoms with E-state index >= 15 is 0 Å².